The second-order valence-corrected chi connectivity index (χ2v) is 7.40. The molecule has 0 spiro atoms. The Morgan fingerprint density at radius 3 is 2.83 bits per heavy atom. The van der Waals surface area contributed by atoms with Gasteiger partial charge >= 0.3 is 0 Å². The minimum absolute atomic E-state index is 0.0233. The number of hydrogen-bond acceptors (Lipinski definition) is 4. The first-order valence-electron chi connectivity index (χ1n) is 8.15. The van der Waals surface area contributed by atoms with Crippen molar-refractivity contribution in [3.05, 3.63) is 41.0 Å². The second kappa shape index (κ2) is 6.81. The highest BCUT2D eigenvalue weighted by molar-refractivity contribution is 7.15. The lowest BCUT2D eigenvalue weighted by molar-refractivity contribution is 0.0528. The first-order valence-corrected chi connectivity index (χ1v) is 8.97. The van der Waals surface area contributed by atoms with E-state index in [9.17, 15) is 4.79 Å². The van der Waals surface area contributed by atoms with Crippen LogP contribution in [0.5, 0.6) is 0 Å². The van der Waals surface area contributed by atoms with Crippen molar-refractivity contribution in [2.75, 3.05) is 13.1 Å². The number of hydrogen-bond donors (Lipinski definition) is 1. The Bertz CT molecular complexity index is 683. The van der Waals surface area contributed by atoms with Crippen LogP contribution in [0.4, 0.5) is 0 Å². The van der Waals surface area contributed by atoms with E-state index in [4.69, 9.17) is 5.73 Å². The number of likely N-dealkylation sites (tertiary alicyclic amines) is 1. The maximum absolute atomic E-state index is 13.1. The fourth-order valence-corrected chi connectivity index (χ4v) is 4.27. The first-order chi connectivity index (χ1) is 11.1. The van der Waals surface area contributed by atoms with Crippen LogP contribution in [0.1, 0.15) is 35.3 Å². The summed E-state index contributed by atoms with van der Waals surface area (Å²) in [6.45, 7) is 5.42. The molecule has 5 heteroatoms. The number of benzene rings is 1. The normalized spacial score (nSPS) is 21.4. The van der Waals surface area contributed by atoms with Crippen LogP contribution in [0, 0.1) is 12.8 Å². The van der Waals surface area contributed by atoms with Gasteiger partial charge in [-0.15, -0.1) is 11.3 Å². The van der Waals surface area contributed by atoms with Crippen molar-refractivity contribution in [1.82, 2.24) is 9.88 Å². The summed E-state index contributed by atoms with van der Waals surface area (Å²) in [4.78, 5) is 20.6. The molecule has 1 aromatic carbocycles. The van der Waals surface area contributed by atoms with Crippen molar-refractivity contribution in [2.24, 2.45) is 11.7 Å². The molecule has 0 radical (unpaired) electrons. The largest absolute Gasteiger partial charge is 0.333 e. The zero-order chi connectivity index (χ0) is 16.4. The standard InChI is InChI=1S/C18H23N3OS/c1-12-7-6-10-21(15(12)11-19)18(22)16-17(23-13(2)20-16)14-8-4-3-5-9-14/h3-5,8-9,12,15H,6-7,10-11,19H2,1-2H3. The van der Waals surface area contributed by atoms with Gasteiger partial charge in [-0.3, -0.25) is 4.79 Å². The summed E-state index contributed by atoms with van der Waals surface area (Å²) in [5.74, 6) is 0.466. The number of amides is 1. The van der Waals surface area contributed by atoms with Crippen LogP contribution in [0.15, 0.2) is 30.3 Å². The zero-order valence-electron chi connectivity index (χ0n) is 13.7. The lowest BCUT2D eigenvalue weighted by Crippen LogP contribution is -2.51. The maximum atomic E-state index is 13.1. The molecule has 0 saturated carbocycles. The number of carbonyl (C=O) groups excluding carboxylic acids is 1. The average Bonchev–Trinajstić information content (AvgIpc) is 2.96. The molecule has 4 nitrogen and oxygen atoms in total. The molecule has 0 bridgehead atoms. The van der Waals surface area contributed by atoms with Gasteiger partial charge in [-0.05, 0) is 31.2 Å². The molecule has 2 aromatic rings. The van der Waals surface area contributed by atoms with Crippen LogP contribution in [0.2, 0.25) is 0 Å². The highest BCUT2D eigenvalue weighted by atomic mass is 32.1. The molecule has 1 amide bonds. The van der Waals surface area contributed by atoms with Crippen molar-refractivity contribution >= 4 is 17.2 Å². The molecule has 2 atom stereocenters. The average molecular weight is 329 g/mol. The number of thiazole rings is 1. The van der Waals surface area contributed by atoms with Crippen LogP contribution in [-0.2, 0) is 0 Å². The van der Waals surface area contributed by atoms with Crippen molar-refractivity contribution in [3.8, 4) is 10.4 Å². The Balaban J connectivity index is 1.97. The molecule has 23 heavy (non-hydrogen) atoms. The van der Waals surface area contributed by atoms with Crippen LogP contribution in [0.3, 0.4) is 0 Å². The highest BCUT2D eigenvalue weighted by Gasteiger charge is 2.33. The molecule has 2 heterocycles. The van der Waals surface area contributed by atoms with E-state index in [0.29, 0.717) is 18.2 Å². The van der Waals surface area contributed by atoms with Gasteiger partial charge in [0.25, 0.3) is 5.91 Å². The highest BCUT2D eigenvalue weighted by Crippen LogP contribution is 2.32. The summed E-state index contributed by atoms with van der Waals surface area (Å²) in [6.07, 6.45) is 2.17. The molecular formula is C18H23N3OS. The Morgan fingerprint density at radius 1 is 1.39 bits per heavy atom. The van der Waals surface area contributed by atoms with Crippen LogP contribution in [0.25, 0.3) is 10.4 Å². The minimum Gasteiger partial charge on any atom is -0.333 e. The van der Waals surface area contributed by atoms with E-state index in [0.717, 1.165) is 34.8 Å². The smallest absolute Gasteiger partial charge is 0.274 e. The Labute approximate surface area is 141 Å². The van der Waals surface area contributed by atoms with Crippen molar-refractivity contribution < 1.29 is 4.79 Å². The van der Waals surface area contributed by atoms with Crippen molar-refractivity contribution in [2.45, 2.75) is 32.7 Å². The maximum Gasteiger partial charge on any atom is 0.274 e. The van der Waals surface area contributed by atoms with Gasteiger partial charge < -0.3 is 10.6 Å². The van der Waals surface area contributed by atoms with E-state index in [1.165, 1.54) is 0 Å². The molecule has 1 saturated heterocycles. The summed E-state index contributed by atoms with van der Waals surface area (Å²) in [7, 11) is 0. The molecule has 1 fully saturated rings. The summed E-state index contributed by atoms with van der Waals surface area (Å²) < 4.78 is 0. The van der Waals surface area contributed by atoms with Gasteiger partial charge in [0.15, 0.2) is 0 Å². The summed E-state index contributed by atoms with van der Waals surface area (Å²) in [6, 6.07) is 10.1. The Morgan fingerprint density at radius 2 is 2.13 bits per heavy atom. The number of nitrogens with two attached hydrogens (primary N) is 1. The molecule has 0 aliphatic carbocycles. The number of nitrogens with zero attached hydrogens (tertiary/aromatic N) is 2. The van der Waals surface area contributed by atoms with Crippen LogP contribution < -0.4 is 5.73 Å². The lowest BCUT2D eigenvalue weighted by Gasteiger charge is -2.39. The van der Waals surface area contributed by atoms with Gasteiger partial charge in [0.05, 0.1) is 9.88 Å². The monoisotopic (exact) mass is 329 g/mol. The van der Waals surface area contributed by atoms with Crippen molar-refractivity contribution in [3.63, 3.8) is 0 Å². The lowest BCUT2D eigenvalue weighted by atomic mass is 9.90. The molecule has 122 valence electrons. The summed E-state index contributed by atoms with van der Waals surface area (Å²) in [5, 5.41) is 0.918. The molecule has 2 N–H and O–H groups in total. The zero-order valence-corrected chi connectivity index (χ0v) is 14.5. The number of rotatable bonds is 3. The SMILES string of the molecule is Cc1nc(C(=O)N2CCCC(C)C2CN)c(-c2ccccc2)s1. The van der Waals surface area contributed by atoms with Crippen LogP contribution >= 0.6 is 11.3 Å². The van der Waals surface area contributed by atoms with E-state index in [1.807, 2.05) is 42.2 Å². The van der Waals surface area contributed by atoms with E-state index in [1.54, 1.807) is 11.3 Å². The molecule has 2 unspecified atom stereocenters. The van der Waals surface area contributed by atoms with Gasteiger partial charge in [0, 0.05) is 19.1 Å². The Hall–Kier alpha value is -1.72. The van der Waals surface area contributed by atoms with Gasteiger partial charge in [0.2, 0.25) is 0 Å². The molecule has 1 aromatic heterocycles. The van der Waals surface area contributed by atoms with Crippen LogP contribution in [-0.4, -0.2) is 34.9 Å². The topological polar surface area (TPSA) is 59.2 Å². The molecule has 1 aliphatic heterocycles. The van der Waals surface area contributed by atoms with E-state index in [-0.39, 0.29) is 11.9 Å². The van der Waals surface area contributed by atoms with Gasteiger partial charge in [-0.1, -0.05) is 37.3 Å². The fraction of sp³-hybridized carbons (Fsp3) is 0.444. The summed E-state index contributed by atoms with van der Waals surface area (Å²) in [5.41, 5.74) is 7.57. The Kier molecular flexibility index (Phi) is 4.78. The van der Waals surface area contributed by atoms with Gasteiger partial charge in [0.1, 0.15) is 5.69 Å². The number of aromatic nitrogens is 1. The summed E-state index contributed by atoms with van der Waals surface area (Å²) >= 11 is 1.58. The second-order valence-electron chi connectivity index (χ2n) is 6.20. The van der Waals surface area contributed by atoms with E-state index < -0.39 is 0 Å². The third-order valence-corrected chi connectivity index (χ3v) is 5.61. The third-order valence-electron chi connectivity index (χ3n) is 4.59. The number of aryl methyl sites for hydroxylation is 1. The molecule has 1 aliphatic rings. The predicted molar refractivity (Wildman–Crippen MR) is 94.6 cm³/mol. The fourth-order valence-electron chi connectivity index (χ4n) is 3.35. The molecular weight excluding hydrogens is 306 g/mol. The number of piperidine rings is 1. The van der Waals surface area contributed by atoms with Gasteiger partial charge in [-0.2, -0.15) is 0 Å². The van der Waals surface area contributed by atoms with Gasteiger partial charge in [-0.25, -0.2) is 4.98 Å². The predicted octanol–water partition coefficient (Wildman–Crippen LogP) is 3.32. The minimum atomic E-state index is 0.0233. The van der Waals surface area contributed by atoms with Crippen molar-refractivity contribution in [1.29, 1.82) is 0 Å². The third kappa shape index (κ3) is 3.16. The number of carbonyl (C=O) groups is 1. The van der Waals surface area contributed by atoms with E-state index in [2.05, 4.69) is 11.9 Å². The molecule has 3 rings (SSSR count). The first kappa shape index (κ1) is 16.1. The quantitative estimate of drug-likeness (QED) is 0.940. The van der Waals surface area contributed by atoms with E-state index >= 15 is 0 Å².